The van der Waals surface area contributed by atoms with Gasteiger partial charge in [-0.15, -0.1) is 0 Å². The van der Waals surface area contributed by atoms with Crippen LogP contribution in [0.4, 0.5) is 5.69 Å². The van der Waals surface area contributed by atoms with E-state index in [0.717, 1.165) is 0 Å². The molecule has 0 unspecified atom stereocenters. The van der Waals surface area contributed by atoms with Crippen LogP contribution in [0.5, 0.6) is 0 Å². The van der Waals surface area contributed by atoms with Gasteiger partial charge in [0.2, 0.25) is 17.6 Å². The number of nitrogens with one attached hydrogen (secondary N) is 1. The molecule has 0 bridgehead atoms. The highest BCUT2D eigenvalue weighted by atomic mass is 16.5. The molecule has 0 fully saturated rings. The number of anilines is 1. The Labute approximate surface area is 177 Å². The molecule has 0 aliphatic carbocycles. The van der Waals surface area contributed by atoms with Crippen molar-refractivity contribution in [2.75, 3.05) is 5.32 Å². The number of carbonyl (C=O) groups is 1. The molecule has 4 aromatic rings. The van der Waals surface area contributed by atoms with E-state index in [2.05, 4.69) is 15.5 Å². The van der Waals surface area contributed by atoms with Crippen LogP contribution in [0.3, 0.4) is 0 Å². The standard InChI is InChI=1S/C22H20N6O3/c1-13(2)28-18-8-7-16(21-24-14(3)31-26-21)10-19(18)27(22(28)30)12-20(29)25-17-6-4-5-15(9-17)11-23/h4-10,13H,12H2,1-3H3,(H,25,29). The van der Waals surface area contributed by atoms with E-state index in [4.69, 9.17) is 9.78 Å². The molecule has 2 heterocycles. The van der Waals surface area contributed by atoms with Crippen molar-refractivity contribution in [1.29, 1.82) is 5.26 Å². The van der Waals surface area contributed by atoms with Gasteiger partial charge in [-0.25, -0.2) is 4.79 Å². The predicted molar refractivity (Wildman–Crippen MR) is 114 cm³/mol. The highest BCUT2D eigenvalue weighted by molar-refractivity contribution is 5.92. The minimum absolute atomic E-state index is 0.0927. The Morgan fingerprint density at radius 2 is 2.03 bits per heavy atom. The van der Waals surface area contributed by atoms with E-state index in [-0.39, 0.29) is 24.2 Å². The maximum Gasteiger partial charge on any atom is 0.329 e. The van der Waals surface area contributed by atoms with Crippen LogP contribution in [0.2, 0.25) is 0 Å². The third-order valence-electron chi connectivity index (χ3n) is 4.84. The third kappa shape index (κ3) is 3.83. The second kappa shape index (κ2) is 7.91. The number of aromatic nitrogens is 4. The zero-order valence-electron chi connectivity index (χ0n) is 17.3. The summed E-state index contributed by atoms with van der Waals surface area (Å²) in [5.41, 5.74) is 2.63. The lowest BCUT2D eigenvalue weighted by atomic mass is 10.2. The van der Waals surface area contributed by atoms with Gasteiger partial charge in [0.15, 0.2) is 0 Å². The van der Waals surface area contributed by atoms with E-state index in [1.165, 1.54) is 4.57 Å². The lowest BCUT2D eigenvalue weighted by molar-refractivity contribution is -0.116. The average Bonchev–Trinajstić information content (AvgIpc) is 3.29. The number of aryl methyl sites for hydroxylation is 1. The normalized spacial score (nSPS) is 11.1. The Hall–Kier alpha value is -4.19. The molecular formula is C22H20N6O3. The van der Waals surface area contributed by atoms with E-state index in [1.807, 2.05) is 32.0 Å². The highest BCUT2D eigenvalue weighted by Gasteiger charge is 2.19. The van der Waals surface area contributed by atoms with Gasteiger partial charge in [0, 0.05) is 24.2 Å². The van der Waals surface area contributed by atoms with Gasteiger partial charge < -0.3 is 9.84 Å². The number of benzene rings is 2. The largest absolute Gasteiger partial charge is 0.339 e. The van der Waals surface area contributed by atoms with Crippen molar-refractivity contribution in [1.82, 2.24) is 19.3 Å². The van der Waals surface area contributed by atoms with Crippen molar-refractivity contribution in [2.45, 2.75) is 33.4 Å². The first-order valence-electron chi connectivity index (χ1n) is 9.73. The Morgan fingerprint density at radius 1 is 1.23 bits per heavy atom. The van der Waals surface area contributed by atoms with E-state index in [9.17, 15) is 9.59 Å². The molecule has 1 amide bonds. The molecule has 156 valence electrons. The zero-order valence-corrected chi connectivity index (χ0v) is 17.3. The molecule has 0 saturated heterocycles. The lowest BCUT2D eigenvalue weighted by Gasteiger charge is -2.07. The highest BCUT2D eigenvalue weighted by Crippen LogP contribution is 2.24. The quantitative estimate of drug-likeness (QED) is 0.533. The summed E-state index contributed by atoms with van der Waals surface area (Å²) in [6, 6.07) is 14.0. The Morgan fingerprint density at radius 3 is 2.71 bits per heavy atom. The van der Waals surface area contributed by atoms with Crippen LogP contribution >= 0.6 is 0 Å². The smallest absolute Gasteiger partial charge is 0.329 e. The summed E-state index contributed by atoms with van der Waals surface area (Å²) in [6.45, 7) is 5.34. The van der Waals surface area contributed by atoms with Crippen LogP contribution < -0.4 is 11.0 Å². The van der Waals surface area contributed by atoms with Gasteiger partial charge in [0.1, 0.15) is 6.54 Å². The molecule has 0 aliphatic rings. The molecule has 0 atom stereocenters. The summed E-state index contributed by atoms with van der Waals surface area (Å²) in [7, 11) is 0. The van der Waals surface area contributed by atoms with E-state index >= 15 is 0 Å². The second-order valence-electron chi connectivity index (χ2n) is 7.41. The molecule has 2 aromatic carbocycles. The molecule has 9 nitrogen and oxygen atoms in total. The van der Waals surface area contributed by atoms with Crippen molar-refractivity contribution in [2.24, 2.45) is 0 Å². The van der Waals surface area contributed by atoms with Gasteiger partial charge in [0.05, 0.1) is 22.7 Å². The van der Waals surface area contributed by atoms with Crippen molar-refractivity contribution in [3.63, 3.8) is 0 Å². The van der Waals surface area contributed by atoms with E-state index in [0.29, 0.717) is 39.6 Å². The first-order chi connectivity index (χ1) is 14.9. The van der Waals surface area contributed by atoms with E-state index in [1.54, 1.807) is 41.8 Å². The number of imidazole rings is 1. The molecule has 4 rings (SSSR count). The Kier molecular flexibility index (Phi) is 5.13. The van der Waals surface area contributed by atoms with Crippen LogP contribution in [0.1, 0.15) is 31.3 Å². The minimum Gasteiger partial charge on any atom is -0.339 e. The number of nitriles is 1. The van der Waals surface area contributed by atoms with Gasteiger partial charge in [-0.2, -0.15) is 10.2 Å². The predicted octanol–water partition coefficient (Wildman–Crippen LogP) is 3.25. The molecule has 31 heavy (non-hydrogen) atoms. The monoisotopic (exact) mass is 416 g/mol. The van der Waals surface area contributed by atoms with E-state index < -0.39 is 0 Å². The van der Waals surface area contributed by atoms with Gasteiger partial charge in [-0.1, -0.05) is 11.2 Å². The molecule has 1 N–H and O–H groups in total. The van der Waals surface area contributed by atoms with Crippen molar-refractivity contribution in [3.05, 3.63) is 64.4 Å². The van der Waals surface area contributed by atoms with Crippen molar-refractivity contribution >= 4 is 22.6 Å². The number of rotatable bonds is 5. The molecule has 9 heteroatoms. The number of carbonyl (C=O) groups excluding carboxylic acids is 1. The summed E-state index contributed by atoms with van der Waals surface area (Å²) >= 11 is 0. The Bertz CT molecular complexity index is 1390. The van der Waals surface area contributed by atoms with Crippen LogP contribution in [0.25, 0.3) is 22.4 Å². The van der Waals surface area contributed by atoms with Crippen LogP contribution in [-0.4, -0.2) is 25.2 Å². The number of fused-ring (bicyclic) bond motifs is 1. The fourth-order valence-corrected chi connectivity index (χ4v) is 3.50. The second-order valence-corrected chi connectivity index (χ2v) is 7.41. The first kappa shape index (κ1) is 20.1. The summed E-state index contributed by atoms with van der Waals surface area (Å²) in [5.74, 6) is 0.473. The molecule has 0 aliphatic heterocycles. The molecule has 0 radical (unpaired) electrons. The van der Waals surface area contributed by atoms with Crippen LogP contribution in [0, 0.1) is 18.3 Å². The van der Waals surface area contributed by atoms with Crippen molar-refractivity contribution in [3.8, 4) is 17.5 Å². The minimum atomic E-state index is -0.374. The van der Waals surface area contributed by atoms with Crippen molar-refractivity contribution < 1.29 is 9.32 Å². The number of hydrogen-bond donors (Lipinski definition) is 1. The summed E-state index contributed by atoms with van der Waals surface area (Å²) in [6.07, 6.45) is 0. The third-order valence-corrected chi connectivity index (χ3v) is 4.84. The van der Waals surface area contributed by atoms with Gasteiger partial charge >= 0.3 is 5.69 Å². The van der Waals surface area contributed by atoms with Gasteiger partial charge in [-0.3, -0.25) is 13.9 Å². The summed E-state index contributed by atoms with van der Waals surface area (Å²) < 4.78 is 8.13. The molecular weight excluding hydrogens is 396 g/mol. The fraction of sp³-hybridized carbons (Fsp3) is 0.227. The first-order valence-corrected chi connectivity index (χ1v) is 9.73. The lowest BCUT2D eigenvalue weighted by Crippen LogP contribution is -2.30. The zero-order chi connectivity index (χ0) is 22.1. The van der Waals surface area contributed by atoms with Crippen LogP contribution in [0.15, 0.2) is 51.8 Å². The number of nitrogens with zero attached hydrogens (tertiary/aromatic N) is 5. The molecule has 2 aromatic heterocycles. The number of hydrogen-bond acceptors (Lipinski definition) is 6. The molecule has 0 saturated carbocycles. The maximum absolute atomic E-state index is 13.1. The Balaban J connectivity index is 1.74. The number of amides is 1. The summed E-state index contributed by atoms with van der Waals surface area (Å²) in [5, 5.41) is 15.7. The molecule has 0 spiro atoms. The van der Waals surface area contributed by atoms with Gasteiger partial charge in [0.25, 0.3) is 0 Å². The summed E-state index contributed by atoms with van der Waals surface area (Å²) in [4.78, 5) is 30.1. The van der Waals surface area contributed by atoms with Crippen LogP contribution in [-0.2, 0) is 11.3 Å². The topological polar surface area (TPSA) is 119 Å². The van der Waals surface area contributed by atoms with Gasteiger partial charge in [-0.05, 0) is 50.2 Å². The SMILES string of the molecule is Cc1nc(-c2ccc3c(c2)n(CC(=O)Nc2cccc(C#N)c2)c(=O)n3C(C)C)no1. The fourth-order valence-electron chi connectivity index (χ4n) is 3.50. The maximum atomic E-state index is 13.1. The average molecular weight is 416 g/mol.